The summed E-state index contributed by atoms with van der Waals surface area (Å²) >= 11 is 0. The maximum atomic E-state index is 11.1. The number of benzene rings is 2. The van der Waals surface area contributed by atoms with Crippen LogP contribution in [0.15, 0.2) is 41.4 Å². The van der Waals surface area contributed by atoms with Gasteiger partial charge in [-0.05, 0) is 58.7 Å². The van der Waals surface area contributed by atoms with Gasteiger partial charge in [-0.2, -0.15) is 0 Å². The van der Waals surface area contributed by atoms with Gasteiger partial charge in [0.25, 0.3) is 0 Å². The number of carboxylic acids is 1. The lowest BCUT2D eigenvalue weighted by molar-refractivity contribution is -0.137. The monoisotopic (exact) mass is 380 g/mol. The normalized spacial score (nSPS) is 18.4. The van der Waals surface area contributed by atoms with Crippen molar-refractivity contribution in [2.45, 2.75) is 38.8 Å². The van der Waals surface area contributed by atoms with Crippen LogP contribution in [0.1, 0.15) is 26.2 Å². The molecule has 3 rings (SSSR count). The number of hydrogen-bond donors (Lipinski definition) is 1. The quantitative estimate of drug-likeness (QED) is 0.782. The molecule has 0 fully saturated rings. The number of carbonyl (C=O) groups is 1. The van der Waals surface area contributed by atoms with Crippen LogP contribution in [0.4, 0.5) is 11.4 Å². The third kappa shape index (κ3) is 3.83. The van der Waals surface area contributed by atoms with Gasteiger partial charge in [-0.15, -0.1) is 0 Å². The summed E-state index contributed by atoms with van der Waals surface area (Å²) in [7, 11) is 2.01. The van der Waals surface area contributed by atoms with Crippen molar-refractivity contribution in [3.63, 3.8) is 0 Å². The highest BCUT2D eigenvalue weighted by atomic mass is 28.3. The van der Waals surface area contributed by atoms with E-state index in [4.69, 9.17) is 10.1 Å². The Morgan fingerprint density at radius 3 is 2.63 bits per heavy atom. The van der Waals surface area contributed by atoms with E-state index in [9.17, 15) is 4.79 Å². The highest BCUT2D eigenvalue weighted by molar-refractivity contribution is 7.02. The number of anilines is 1. The van der Waals surface area contributed by atoms with Gasteiger partial charge in [0, 0.05) is 26.2 Å². The summed E-state index contributed by atoms with van der Waals surface area (Å²) in [6, 6.07) is 14.0. The van der Waals surface area contributed by atoms with E-state index in [0.29, 0.717) is 6.42 Å². The van der Waals surface area contributed by atoms with E-state index in [-0.39, 0.29) is 6.42 Å². The van der Waals surface area contributed by atoms with Crippen LogP contribution in [-0.2, 0) is 4.79 Å². The Balaban J connectivity index is 2.20. The standard InChI is InChI=1S/C22H28N2O2Si/c1-5-7-16-9-11-18-20(14-16)27(4,13-6-8-22(25)26)21-15-17(24(2)3)10-12-19(21)23-18/h7,9-12,14-15H,5-6,8,13H2,1-4H3,(H,25,26)/b16-7+. The van der Waals surface area contributed by atoms with Gasteiger partial charge in [0.05, 0.1) is 11.0 Å². The van der Waals surface area contributed by atoms with Crippen LogP contribution in [0.25, 0.3) is 6.08 Å². The fourth-order valence-corrected chi connectivity index (χ4v) is 8.01. The molecule has 0 saturated carbocycles. The van der Waals surface area contributed by atoms with E-state index in [1.165, 1.54) is 21.3 Å². The molecule has 1 N–H and O–H groups in total. The molecule has 2 aromatic rings. The summed E-state index contributed by atoms with van der Waals surface area (Å²) in [6.45, 7) is 4.52. The van der Waals surface area contributed by atoms with Crippen LogP contribution < -0.4 is 25.8 Å². The van der Waals surface area contributed by atoms with E-state index in [0.717, 1.165) is 23.5 Å². The summed E-state index contributed by atoms with van der Waals surface area (Å²) in [5.74, 6) is -0.719. The molecule has 27 heavy (non-hydrogen) atoms. The summed E-state index contributed by atoms with van der Waals surface area (Å²) < 4.78 is 0. The van der Waals surface area contributed by atoms with Crippen molar-refractivity contribution in [1.82, 2.24) is 0 Å². The van der Waals surface area contributed by atoms with Gasteiger partial charge in [0.1, 0.15) is 8.07 Å². The molecule has 0 aromatic heterocycles. The smallest absolute Gasteiger partial charge is 0.303 e. The zero-order valence-electron chi connectivity index (χ0n) is 16.6. The molecule has 1 heterocycles. The fourth-order valence-electron chi connectivity index (χ4n) is 3.93. The number of carboxylic acid groups (broad SMARTS) is 1. The first-order valence-corrected chi connectivity index (χ1v) is 12.3. The van der Waals surface area contributed by atoms with Gasteiger partial charge in [-0.25, -0.2) is 4.99 Å². The van der Waals surface area contributed by atoms with Crippen LogP contribution >= 0.6 is 0 Å². The second kappa shape index (κ2) is 7.68. The Morgan fingerprint density at radius 2 is 1.96 bits per heavy atom. The predicted octanol–water partition coefficient (Wildman–Crippen LogP) is 2.27. The highest BCUT2D eigenvalue weighted by Gasteiger charge is 2.37. The first-order valence-electron chi connectivity index (χ1n) is 9.58. The Hall–Kier alpha value is -2.40. The molecule has 0 saturated heterocycles. The molecule has 0 aliphatic carbocycles. The summed E-state index contributed by atoms with van der Waals surface area (Å²) in [5, 5.41) is 14.1. The van der Waals surface area contributed by atoms with Crippen LogP contribution in [0.3, 0.4) is 0 Å². The fraction of sp³-hybridized carbons (Fsp3) is 0.364. The number of nitrogens with zero attached hydrogens (tertiary/aromatic N) is 2. The summed E-state index contributed by atoms with van der Waals surface area (Å²) in [5.41, 5.74) is 2.21. The molecule has 1 atom stereocenters. The lowest BCUT2D eigenvalue weighted by Crippen LogP contribution is -2.63. The van der Waals surface area contributed by atoms with Gasteiger partial charge in [0.2, 0.25) is 0 Å². The number of fused-ring (bicyclic) bond motifs is 2. The van der Waals surface area contributed by atoms with Crippen LogP contribution in [0.5, 0.6) is 0 Å². The van der Waals surface area contributed by atoms with Gasteiger partial charge in [-0.3, -0.25) is 4.79 Å². The topological polar surface area (TPSA) is 52.9 Å². The minimum absolute atomic E-state index is 0.221. The molecular weight excluding hydrogens is 352 g/mol. The second-order valence-electron chi connectivity index (χ2n) is 7.68. The maximum absolute atomic E-state index is 11.1. The van der Waals surface area contributed by atoms with E-state index in [1.54, 1.807) is 0 Å². The van der Waals surface area contributed by atoms with E-state index in [1.807, 2.05) is 14.1 Å². The molecule has 0 bridgehead atoms. The van der Waals surface area contributed by atoms with Crippen molar-refractivity contribution in [2.75, 3.05) is 19.0 Å². The van der Waals surface area contributed by atoms with Gasteiger partial charge < -0.3 is 10.0 Å². The van der Waals surface area contributed by atoms with Crippen molar-refractivity contribution in [3.05, 3.63) is 47.0 Å². The Bertz CT molecular complexity index is 984. The van der Waals surface area contributed by atoms with Crippen molar-refractivity contribution in [3.8, 4) is 0 Å². The molecule has 0 radical (unpaired) electrons. The SMILES string of the molecule is CC/C=c1\ccc2c(c1)[Si](C)(CCCC(=O)O)c1cc(N(C)C)ccc1N=2. The minimum atomic E-state index is -2.09. The summed E-state index contributed by atoms with van der Waals surface area (Å²) in [6.07, 6.45) is 4.15. The van der Waals surface area contributed by atoms with E-state index in [2.05, 4.69) is 60.8 Å². The first kappa shape index (κ1) is 19.4. The van der Waals surface area contributed by atoms with Gasteiger partial charge in [0.15, 0.2) is 0 Å². The molecule has 5 heteroatoms. The van der Waals surface area contributed by atoms with Gasteiger partial charge in [-0.1, -0.05) is 31.7 Å². The Morgan fingerprint density at radius 1 is 1.19 bits per heavy atom. The van der Waals surface area contributed by atoms with Crippen molar-refractivity contribution in [1.29, 1.82) is 0 Å². The lowest BCUT2D eigenvalue weighted by atomic mass is 10.2. The molecule has 4 nitrogen and oxygen atoms in total. The zero-order chi connectivity index (χ0) is 19.6. The van der Waals surface area contributed by atoms with Crippen LogP contribution in [0.2, 0.25) is 12.6 Å². The average Bonchev–Trinajstić information content (AvgIpc) is 2.62. The molecule has 142 valence electrons. The van der Waals surface area contributed by atoms with Crippen molar-refractivity contribution >= 4 is 41.9 Å². The van der Waals surface area contributed by atoms with Gasteiger partial charge >= 0.3 is 5.97 Å². The zero-order valence-corrected chi connectivity index (χ0v) is 17.6. The predicted molar refractivity (Wildman–Crippen MR) is 115 cm³/mol. The Kier molecular flexibility index (Phi) is 5.51. The molecule has 2 aromatic carbocycles. The molecule has 1 unspecified atom stereocenters. The number of hydrogen-bond acceptors (Lipinski definition) is 3. The van der Waals surface area contributed by atoms with Crippen LogP contribution in [0, 0.1) is 0 Å². The molecule has 0 amide bonds. The molecule has 0 spiro atoms. The minimum Gasteiger partial charge on any atom is -0.481 e. The van der Waals surface area contributed by atoms with E-state index < -0.39 is 14.0 Å². The number of aliphatic carboxylic acids is 1. The third-order valence-corrected chi connectivity index (χ3v) is 9.99. The third-order valence-electron chi connectivity index (χ3n) is 5.45. The Labute approximate surface area is 161 Å². The summed E-state index contributed by atoms with van der Waals surface area (Å²) in [4.78, 5) is 18.2. The molecule has 1 aliphatic rings. The highest BCUT2D eigenvalue weighted by Crippen LogP contribution is 2.25. The first-order chi connectivity index (χ1) is 12.8. The molecule has 1 aliphatic heterocycles. The second-order valence-corrected chi connectivity index (χ2v) is 11.9. The molecular formula is C22H28N2O2Si. The lowest BCUT2D eigenvalue weighted by Gasteiger charge is -2.33. The average molecular weight is 381 g/mol. The van der Waals surface area contributed by atoms with E-state index >= 15 is 0 Å². The van der Waals surface area contributed by atoms with Crippen molar-refractivity contribution in [2.24, 2.45) is 4.99 Å². The maximum Gasteiger partial charge on any atom is 0.303 e. The van der Waals surface area contributed by atoms with Crippen molar-refractivity contribution < 1.29 is 9.90 Å². The number of rotatable bonds is 6. The largest absolute Gasteiger partial charge is 0.481 e. The van der Waals surface area contributed by atoms with Crippen LogP contribution in [-0.4, -0.2) is 33.2 Å².